The van der Waals surface area contributed by atoms with Crippen molar-refractivity contribution in [2.45, 2.75) is 38.2 Å². The summed E-state index contributed by atoms with van der Waals surface area (Å²) in [6.45, 7) is 6.04. The monoisotopic (exact) mass is 507 g/mol. The zero-order chi connectivity index (χ0) is 25.9. The van der Waals surface area contributed by atoms with Crippen molar-refractivity contribution in [3.63, 3.8) is 0 Å². The number of H-pyrrole nitrogens is 1. The van der Waals surface area contributed by atoms with Crippen LogP contribution in [-0.2, 0) is 4.79 Å². The number of nitrogens with zero attached hydrogens (tertiary/aromatic N) is 2. The third-order valence-corrected chi connectivity index (χ3v) is 8.15. The molecule has 0 spiro atoms. The number of carbonyl (C=O) groups excluding carboxylic acids is 1. The summed E-state index contributed by atoms with van der Waals surface area (Å²) in [6.07, 6.45) is 7.12. The average Bonchev–Trinajstić information content (AvgIpc) is 3.31. The van der Waals surface area contributed by atoms with Crippen LogP contribution in [0.5, 0.6) is 0 Å². The largest absolute Gasteiger partial charge is 0.392 e. The van der Waals surface area contributed by atoms with Gasteiger partial charge in [-0.1, -0.05) is 25.1 Å². The number of benzene rings is 2. The predicted molar refractivity (Wildman–Crippen MR) is 142 cm³/mol. The minimum Gasteiger partial charge on any atom is -0.392 e. The van der Waals surface area contributed by atoms with E-state index in [2.05, 4.69) is 47.3 Å². The molecule has 5 nitrogen and oxygen atoms in total. The number of fused-ring (bicyclic) bond motifs is 1. The lowest BCUT2D eigenvalue weighted by Gasteiger charge is -2.40. The number of aliphatic hydroxyl groups is 1. The minimum absolute atomic E-state index is 0.159. The zero-order valence-corrected chi connectivity index (χ0v) is 21.2. The number of aliphatic hydroxyl groups excluding tert-OH is 1. The molecule has 0 radical (unpaired) electrons. The molecule has 3 atom stereocenters. The van der Waals surface area contributed by atoms with Gasteiger partial charge in [0.1, 0.15) is 11.6 Å². The number of para-hydroxylation sites is 1. The zero-order valence-electron chi connectivity index (χ0n) is 21.2. The Bertz CT molecular complexity index is 1240. The Labute approximate surface area is 216 Å². The second kappa shape index (κ2) is 11.2. The van der Waals surface area contributed by atoms with Gasteiger partial charge in [0.25, 0.3) is 0 Å². The highest BCUT2D eigenvalue weighted by atomic mass is 19.1. The van der Waals surface area contributed by atoms with E-state index in [1.807, 2.05) is 0 Å². The summed E-state index contributed by atoms with van der Waals surface area (Å²) in [7, 11) is 0. The van der Waals surface area contributed by atoms with Crippen molar-refractivity contribution in [3.8, 4) is 0 Å². The van der Waals surface area contributed by atoms with Gasteiger partial charge in [0.2, 0.25) is 5.91 Å². The molecule has 7 heteroatoms. The predicted octanol–water partition coefficient (Wildman–Crippen LogP) is 5.18. The lowest BCUT2D eigenvalue weighted by Crippen LogP contribution is -2.46. The fraction of sp³-hybridized carbons (Fsp3) is 0.433. The van der Waals surface area contributed by atoms with Crippen molar-refractivity contribution in [3.05, 3.63) is 77.5 Å². The number of likely N-dealkylation sites (tertiary alicyclic amines) is 2. The number of hydrogen-bond donors (Lipinski definition) is 2. The number of aromatic nitrogens is 1. The second-order valence-corrected chi connectivity index (χ2v) is 10.7. The molecule has 2 saturated heterocycles. The van der Waals surface area contributed by atoms with Crippen molar-refractivity contribution in [1.29, 1.82) is 0 Å². The van der Waals surface area contributed by atoms with Crippen LogP contribution >= 0.6 is 0 Å². The topological polar surface area (TPSA) is 59.6 Å². The van der Waals surface area contributed by atoms with Crippen LogP contribution in [0.2, 0.25) is 0 Å². The molecule has 0 aliphatic carbocycles. The fourth-order valence-corrected chi connectivity index (χ4v) is 6.12. The van der Waals surface area contributed by atoms with Gasteiger partial charge in [-0.25, -0.2) is 8.78 Å². The van der Waals surface area contributed by atoms with Gasteiger partial charge in [-0.2, -0.15) is 0 Å². The van der Waals surface area contributed by atoms with Gasteiger partial charge in [-0.05, 0) is 79.0 Å². The number of aromatic amines is 1. The lowest BCUT2D eigenvalue weighted by molar-refractivity contribution is -0.128. The van der Waals surface area contributed by atoms with E-state index >= 15 is 0 Å². The first kappa shape index (κ1) is 25.6. The molecule has 2 aliphatic rings. The Morgan fingerprint density at radius 1 is 1.11 bits per heavy atom. The lowest BCUT2D eigenvalue weighted by atomic mass is 9.81. The summed E-state index contributed by atoms with van der Waals surface area (Å²) in [4.78, 5) is 20.1. The SMILES string of the molecule is C[C@@H]1CN(CC(O)C2CCN(C(=O)/C=C/c3cc(F)cc(F)c3)CC2)CC[C@@H]1c1c[nH]c2ccccc12. The normalized spacial score (nSPS) is 22.6. The van der Waals surface area contributed by atoms with Crippen molar-refractivity contribution in [2.75, 3.05) is 32.7 Å². The van der Waals surface area contributed by atoms with Gasteiger partial charge in [0.05, 0.1) is 6.10 Å². The Morgan fingerprint density at radius 3 is 2.57 bits per heavy atom. The molecule has 1 unspecified atom stereocenters. The Kier molecular flexibility index (Phi) is 7.72. The van der Waals surface area contributed by atoms with Gasteiger partial charge in [-0.15, -0.1) is 0 Å². The molecule has 2 aromatic carbocycles. The van der Waals surface area contributed by atoms with E-state index in [9.17, 15) is 18.7 Å². The number of piperidine rings is 2. The van der Waals surface area contributed by atoms with E-state index in [1.165, 1.54) is 40.8 Å². The smallest absolute Gasteiger partial charge is 0.246 e. The summed E-state index contributed by atoms with van der Waals surface area (Å²) in [5.41, 5.74) is 2.90. The highest BCUT2D eigenvalue weighted by Crippen LogP contribution is 2.37. The highest BCUT2D eigenvalue weighted by molar-refractivity contribution is 5.91. The molecule has 196 valence electrons. The number of amides is 1. The van der Waals surface area contributed by atoms with Crippen molar-refractivity contribution >= 4 is 22.9 Å². The van der Waals surface area contributed by atoms with Crippen molar-refractivity contribution < 1.29 is 18.7 Å². The summed E-state index contributed by atoms with van der Waals surface area (Å²) in [6, 6.07) is 11.7. The van der Waals surface area contributed by atoms with Crippen LogP contribution < -0.4 is 0 Å². The van der Waals surface area contributed by atoms with Crippen LogP contribution in [0.25, 0.3) is 17.0 Å². The van der Waals surface area contributed by atoms with Crippen LogP contribution in [0, 0.1) is 23.5 Å². The van der Waals surface area contributed by atoms with Crippen LogP contribution in [0.3, 0.4) is 0 Å². The Balaban J connectivity index is 1.09. The molecular weight excluding hydrogens is 472 g/mol. The summed E-state index contributed by atoms with van der Waals surface area (Å²) in [5.74, 6) is -0.344. The van der Waals surface area contributed by atoms with Crippen LogP contribution in [-0.4, -0.2) is 64.6 Å². The van der Waals surface area contributed by atoms with Crippen molar-refractivity contribution in [2.24, 2.45) is 11.8 Å². The number of hydrogen-bond acceptors (Lipinski definition) is 3. The standard InChI is InChI=1S/C30H35F2N3O2/c1-20-18-34(11-10-25(20)27-17-33-28-5-3-2-4-26(27)28)19-29(36)22-8-12-35(13-9-22)30(37)7-6-21-14-23(31)16-24(32)15-21/h2-7,14-17,20,22,25,29,33,36H,8-13,18-19H2,1H3/b7-6+/t20-,25+,29?/m1/s1. The molecule has 0 bridgehead atoms. The number of nitrogens with one attached hydrogen (secondary N) is 1. The minimum atomic E-state index is -0.668. The average molecular weight is 508 g/mol. The third-order valence-electron chi connectivity index (χ3n) is 8.15. The van der Waals surface area contributed by atoms with Gasteiger partial charge in [-0.3, -0.25) is 4.79 Å². The van der Waals surface area contributed by atoms with E-state index in [4.69, 9.17) is 0 Å². The molecule has 2 aliphatic heterocycles. The van der Waals surface area contributed by atoms with Crippen LogP contribution in [0.1, 0.15) is 43.2 Å². The maximum Gasteiger partial charge on any atom is 0.246 e. The van der Waals surface area contributed by atoms with Gasteiger partial charge in [0.15, 0.2) is 0 Å². The summed E-state index contributed by atoms with van der Waals surface area (Å²) >= 11 is 0. The first-order chi connectivity index (χ1) is 17.9. The first-order valence-corrected chi connectivity index (χ1v) is 13.3. The summed E-state index contributed by atoms with van der Waals surface area (Å²) in [5, 5.41) is 12.3. The van der Waals surface area contributed by atoms with E-state index in [1.54, 1.807) is 4.90 Å². The van der Waals surface area contributed by atoms with Gasteiger partial charge < -0.3 is 19.9 Å². The Morgan fingerprint density at radius 2 is 1.84 bits per heavy atom. The van der Waals surface area contributed by atoms with E-state index in [-0.39, 0.29) is 11.8 Å². The number of carbonyl (C=O) groups is 1. The van der Waals surface area contributed by atoms with Gasteiger partial charge in [0, 0.05) is 55.4 Å². The number of halogens is 2. The fourth-order valence-electron chi connectivity index (χ4n) is 6.12. The third kappa shape index (κ3) is 5.94. The molecule has 0 saturated carbocycles. The molecule has 5 rings (SSSR count). The Hall–Kier alpha value is -3.03. The highest BCUT2D eigenvalue weighted by Gasteiger charge is 2.32. The molecule has 3 aromatic rings. The van der Waals surface area contributed by atoms with Crippen LogP contribution in [0.4, 0.5) is 8.78 Å². The maximum atomic E-state index is 13.4. The molecular formula is C30H35F2N3O2. The van der Waals surface area contributed by atoms with E-state index < -0.39 is 17.7 Å². The molecule has 2 fully saturated rings. The molecule has 1 aromatic heterocycles. The van der Waals surface area contributed by atoms with Crippen molar-refractivity contribution in [1.82, 2.24) is 14.8 Å². The van der Waals surface area contributed by atoms with Gasteiger partial charge >= 0.3 is 0 Å². The molecule has 1 amide bonds. The maximum absolute atomic E-state index is 13.4. The van der Waals surface area contributed by atoms with E-state index in [0.717, 1.165) is 38.4 Å². The first-order valence-electron chi connectivity index (χ1n) is 13.3. The molecule has 2 N–H and O–H groups in total. The summed E-state index contributed by atoms with van der Waals surface area (Å²) < 4.78 is 26.7. The van der Waals surface area contributed by atoms with E-state index in [0.29, 0.717) is 37.0 Å². The molecule has 37 heavy (non-hydrogen) atoms. The second-order valence-electron chi connectivity index (χ2n) is 10.7. The van der Waals surface area contributed by atoms with Crippen LogP contribution in [0.15, 0.2) is 54.7 Å². The quantitative estimate of drug-likeness (QED) is 0.452. The number of β-amino-alcohol motifs (C(OH)–C–C–N with tert-alkyl or cyclic N) is 1. The molecule has 3 heterocycles. The number of rotatable bonds is 6.